The maximum atomic E-state index is 12.8. The summed E-state index contributed by atoms with van der Waals surface area (Å²) in [5, 5.41) is 8.96. The Bertz CT molecular complexity index is 901. The normalized spacial score (nSPS) is 19.5. The van der Waals surface area contributed by atoms with Crippen LogP contribution < -0.4 is 5.73 Å². The van der Waals surface area contributed by atoms with E-state index in [0.29, 0.717) is 19.5 Å². The van der Waals surface area contributed by atoms with E-state index in [2.05, 4.69) is 0 Å². The van der Waals surface area contributed by atoms with E-state index in [0.717, 1.165) is 11.1 Å². The molecule has 1 heterocycles. The second-order valence-electron chi connectivity index (χ2n) is 6.63. The number of rotatable bonds is 2. The van der Waals surface area contributed by atoms with Gasteiger partial charge in [0.1, 0.15) is 5.82 Å². The summed E-state index contributed by atoms with van der Waals surface area (Å²) in [5.41, 5.74) is 7.85. The summed E-state index contributed by atoms with van der Waals surface area (Å²) in [6, 6.07) is 12.0. The minimum absolute atomic E-state index is 0.0551. The van der Waals surface area contributed by atoms with E-state index in [9.17, 15) is 17.6 Å². The summed E-state index contributed by atoms with van der Waals surface area (Å²) in [5.74, 6) is -0.353. The fraction of sp³-hybridized carbons (Fsp3) is 0.316. The van der Waals surface area contributed by atoms with E-state index in [1.165, 1.54) is 29.2 Å². The maximum absolute atomic E-state index is 12.8. The molecule has 4 N–H and O–H groups in total. The molecule has 28 heavy (non-hydrogen) atoms. The van der Waals surface area contributed by atoms with Crippen LogP contribution in [0.3, 0.4) is 0 Å². The Morgan fingerprint density at radius 1 is 1.14 bits per heavy atom. The zero-order valence-corrected chi connectivity index (χ0v) is 16.1. The molecule has 1 aliphatic rings. The standard InChI is InChI=1S/C12H15FN2O2.C7H8O3S/c13-9-3-1-8(2-4-9)10-7-15(12(16)17)6-5-11(10)14;1-6-2-4-7(5-3-6)11(8,9)10/h1-4,10-11H,5-7,14H2,(H,16,17);2-5H,1H3,(H,8,9,10). The molecule has 2 aromatic rings. The number of nitrogens with two attached hydrogens (primary N) is 1. The molecule has 0 radical (unpaired) electrons. The van der Waals surface area contributed by atoms with Crippen LogP contribution in [0.15, 0.2) is 53.4 Å². The van der Waals surface area contributed by atoms with E-state index in [1.54, 1.807) is 24.3 Å². The lowest BCUT2D eigenvalue weighted by atomic mass is 9.87. The quantitative estimate of drug-likeness (QED) is 0.655. The highest BCUT2D eigenvalue weighted by Gasteiger charge is 2.30. The minimum atomic E-state index is -4.02. The van der Waals surface area contributed by atoms with E-state index in [1.807, 2.05) is 6.92 Å². The van der Waals surface area contributed by atoms with Crippen LogP contribution in [0.5, 0.6) is 0 Å². The van der Waals surface area contributed by atoms with Crippen molar-refractivity contribution in [1.82, 2.24) is 4.90 Å². The van der Waals surface area contributed by atoms with Crippen LogP contribution >= 0.6 is 0 Å². The van der Waals surface area contributed by atoms with Gasteiger partial charge in [-0.1, -0.05) is 29.8 Å². The Morgan fingerprint density at radius 3 is 2.21 bits per heavy atom. The average Bonchev–Trinajstić information content (AvgIpc) is 2.63. The van der Waals surface area contributed by atoms with E-state index < -0.39 is 16.2 Å². The number of hydrogen-bond acceptors (Lipinski definition) is 4. The van der Waals surface area contributed by atoms with Gasteiger partial charge in [0.05, 0.1) is 4.90 Å². The van der Waals surface area contributed by atoms with E-state index in [-0.39, 0.29) is 22.7 Å². The lowest BCUT2D eigenvalue weighted by Gasteiger charge is -2.35. The van der Waals surface area contributed by atoms with Crippen LogP contribution in [-0.4, -0.2) is 48.2 Å². The third-order valence-electron chi connectivity index (χ3n) is 4.55. The van der Waals surface area contributed by atoms with Gasteiger partial charge < -0.3 is 15.7 Å². The first-order valence-electron chi connectivity index (χ1n) is 8.61. The van der Waals surface area contributed by atoms with Gasteiger partial charge in [-0.05, 0) is 43.2 Å². The number of hydrogen-bond donors (Lipinski definition) is 3. The van der Waals surface area contributed by atoms with Crippen LogP contribution in [0.2, 0.25) is 0 Å². The molecule has 0 aromatic heterocycles. The molecule has 2 atom stereocenters. The number of piperidine rings is 1. The summed E-state index contributed by atoms with van der Waals surface area (Å²) in [4.78, 5) is 12.2. The first-order chi connectivity index (χ1) is 13.1. The van der Waals surface area contributed by atoms with Gasteiger partial charge in [-0.25, -0.2) is 9.18 Å². The maximum Gasteiger partial charge on any atom is 0.407 e. The van der Waals surface area contributed by atoms with Crippen molar-refractivity contribution in [2.75, 3.05) is 13.1 Å². The lowest BCUT2D eigenvalue weighted by molar-refractivity contribution is 0.126. The summed E-state index contributed by atoms with van der Waals surface area (Å²) in [6.45, 7) is 2.68. The van der Waals surface area contributed by atoms with Gasteiger partial charge in [0, 0.05) is 25.0 Å². The predicted molar refractivity (Wildman–Crippen MR) is 102 cm³/mol. The third kappa shape index (κ3) is 6.01. The average molecular weight is 410 g/mol. The smallest absolute Gasteiger partial charge is 0.407 e. The third-order valence-corrected chi connectivity index (χ3v) is 5.42. The molecule has 1 aliphatic heterocycles. The minimum Gasteiger partial charge on any atom is -0.465 e. The topological polar surface area (TPSA) is 121 Å². The highest BCUT2D eigenvalue weighted by Crippen LogP contribution is 2.26. The Morgan fingerprint density at radius 2 is 1.71 bits per heavy atom. The molecule has 0 saturated carbocycles. The number of carboxylic acid groups (broad SMARTS) is 1. The van der Waals surface area contributed by atoms with Crippen molar-refractivity contribution in [3.63, 3.8) is 0 Å². The van der Waals surface area contributed by atoms with Crippen molar-refractivity contribution in [1.29, 1.82) is 0 Å². The molecule has 2 unspecified atom stereocenters. The molecule has 152 valence electrons. The number of halogens is 1. The van der Waals surface area contributed by atoms with Gasteiger partial charge in [0.25, 0.3) is 10.1 Å². The fourth-order valence-corrected chi connectivity index (χ4v) is 3.40. The van der Waals surface area contributed by atoms with Crippen molar-refractivity contribution < 1.29 is 27.3 Å². The SMILES string of the molecule is Cc1ccc(S(=O)(=O)O)cc1.NC1CCN(C(=O)O)CC1c1ccc(F)cc1. The number of carbonyl (C=O) groups is 1. The summed E-state index contributed by atoms with van der Waals surface area (Å²) < 4.78 is 42.4. The molecule has 9 heteroatoms. The second-order valence-corrected chi connectivity index (χ2v) is 8.05. The van der Waals surface area contributed by atoms with E-state index in [4.69, 9.17) is 15.4 Å². The van der Waals surface area contributed by atoms with Crippen LogP contribution in [0.4, 0.5) is 9.18 Å². The number of likely N-dealkylation sites (tertiary alicyclic amines) is 1. The van der Waals surface area contributed by atoms with Crippen LogP contribution in [0.1, 0.15) is 23.5 Å². The van der Waals surface area contributed by atoms with Crippen molar-refractivity contribution >= 4 is 16.2 Å². The first-order valence-corrected chi connectivity index (χ1v) is 10.0. The highest BCUT2D eigenvalue weighted by molar-refractivity contribution is 7.85. The largest absolute Gasteiger partial charge is 0.465 e. The van der Waals surface area contributed by atoms with Gasteiger partial charge in [-0.15, -0.1) is 0 Å². The highest BCUT2D eigenvalue weighted by atomic mass is 32.2. The molecule has 1 fully saturated rings. The van der Waals surface area contributed by atoms with Crippen molar-refractivity contribution in [3.05, 3.63) is 65.5 Å². The zero-order chi connectivity index (χ0) is 20.9. The molecule has 7 nitrogen and oxygen atoms in total. The Balaban J connectivity index is 0.000000221. The van der Waals surface area contributed by atoms with E-state index >= 15 is 0 Å². The molecule has 0 spiro atoms. The van der Waals surface area contributed by atoms with Crippen LogP contribution in [-0.2, 0) is 10.1 Å². The predicted octanol–water partition coefficient (Wildman–Crippen LogP) is 2.86. The number of aryl methyl sites for hydroxylation is 1. The number of nitrogens with zero attached hydrogens (tertiary/aromatic N) is 1. The molecule has 3 rings (SSSR count). The van der Waals surface area contributed by atoms with Gasteiger partial charge in [0.15, 0.2) is 0 Å². The summed E-state index contributed by atoms with van der Waals surface area (Å²) >= 11 is 0. The molecule has 1 amide bonds. The van der Waals surface area contributed by atoms with Crippen molar-refractivity contribution in [2.24, 2.45) is 5.73 Å². The zero-order valence-electron chi connectivity index (χ0n) is 15.3. The van der Waals surface area contributed by atoms with Gasteiger partial charge in [0.2, 0.25) is 0 Å². The van der Waals surface area contributed by atoms with Crippen LogP contribution in [0.25, 0.3) is 0 Å². The Kier molecular flexibility index (Phi) is 7.11. The summed E-state index contributed by atoms with van der Waals surface area (Å²) in [6.07, 6.45) is -0.294. The van der Waals surface area contributed by atoms with Gasteiger partial charge in [-0.2, -0.15) is 8.42 Å². The fourth-order valence-electron chi connectivity index (χ4n) is 2.92. The molecular weight excluding hydrogens is 387 g/mol. The van der Waals surface area contributed by atoms with Gasteiger partial charge in [-0.3, -0.25) is 4.55 Å². The Hall–Kier alpha value is -2.49. The summed E-state index contributed by atoms with van der Waals surface area (Å²) in [7, 11) is -4.02. The number of benzene rings is 2. The van der Waals surface area contributed by atoms with Crippen molar-refractivity contribution in [3.8, 4) is 0 Å². The Labute approximate surface area is 163 Å². The lowest BCUT2D eigenvalue weighted by Crippen LogP contribution is -2.47. The first kappa shape index (κ1) is 21.8. The molecule has 0 aliphatic carbocycles. The molecule has 0 bridgehead atoms. The van der Waals surface area contributed by atoms with Gasteiger partial charge >= 0.3 is 6.09 Å². The molecule has 2 aromatic carbocycles. The van der Waals surface area contributed by atoms with Crippen molar-refractivity contribution in [2.45, 2.75) is 30.2 Å². The van der Waals surface area contributed by atoms with Crippen LogP contribution in [0, 0.1) is 12.7 Å². The second kappa shape index (κ2) is 9.13. The number of amides is 1. The molecule has 1 saturated heterocycles. The molecular formula is C19H23FN2O5S. The monoisotopic (exact) mass is 410 g/mol.